The number of hydrogen-bond acceptors (Lipinski definition) is 3. The van der Waals surface area contributed by atoms with Gasteiger partial charge in [-0.1, -0.05) is 12.1 Å². The molecule has 1 aromatic rings. The summed E-state index contributed by atoms with van der Waals surface area (Å²) in [7, 11) is 1.91. The van der Waals surface area contributed by atoms with Crippen molar-refractivity contribution in [2.24, 2.45) is 0 Å². The van der Waals surface area contributed by atoms with Gasteiger partial charge in [0.15, 0.2) is 5.78 Å². The van der Waals surface area contributed by atoms with E-state index in [1.165, 1.54) is 30.4 Å². The molecule has 2 unspecified atom stereocenters. The number of Topliss-reactive ketones (excluding diaryl/α,β-unsaturated/α-hetero) is 1. The first kappa shape index (κ1) is 16.8. The fraction of sp³-hybridized carbons (Fsp3) is 0.619. The van der Waals surface area contributed by atoms with E-state index in [1.807, 2.05) is 24.1 Å². The van der Waals surface area contributed by atoms with Gasteiger partial charge in [-0.25, -0.2) is 0 Å². The minimum Gasteiger partial charge on any atom is -0.343 e. The van der Waals surface area contributed by atoms with Gasteiger partial charge in [0.25, 0.3) is 0 Å². The van der Waals surface area contributed by atoms with Crippen LogP contribution in [0.15, 0.2) is 18.2 Å². The highest BCUT2D eigenvalue weighted by atomic mass is 16.2. The molecule has 2 saturated heterocycles. The second-order valence-electron chi connectivity index (χ2n) is 8.03. The van der Waals surface area contributed by atoms with Crippen LogP contribution < -0.4 is 5.32 Å². The van der Waals surface area contributed by atoms with E-state index in [2.05, 4.69) is 11.4 Å². The molecule has 1 aromatic carbocycles. The summed E-state index contributed by atoms with van der Waals surface area (Å²) in [4.78, 5) is 26.9. The largest absolute Gasteiger partial charge is 0.343 e. The number of aryl methyl sites for hydroxylation is 2. The van der Waals surface area contributed by atoms with E-state index < -0.39 is 0 Å². The van der Waals surface area contributed by atoms with Crippen molar-refractivity contribution in [2.75, 3.05) is 7.05 Å². The van der Waals surface area contributed by atoms with Gasteiger partial charge in [0, 0.05) is 43.6 Å². The molecule has 0 saturated carbocycles. The smallest absolute Gasteiger partial charge is 0.223 e. The molecule has 0 aromatic heterocycles. The van der Waals surface area contributed by atoms with Gasteiger partial charge in [-0.3, -0.25) is 9.59 Å². The summed E-state index contributed by atoms with van der Waals surface area (Å²) in [5, 5.41) is 3.61. The highest BCUT2D eigenvalue weighted by molar-refractivity contribution is 5.98. The Hall–Kier alpha value is -1.68. The second kappa shape index (κ2) is 6.91. The van der Waals surface area contributed by atoms with Crippen LogP contribution in [0.1, 0.15) is 66.4 Å². The lowest BCUT2D eigenvalue weighted by molar-refractivity contribution is -0.132. The minimum atomic E-state index is 0.0989. The van der Waals surface area contributed by atoms with E-state index in [4.69, 9.17) is 0 Å². The van der Waals surface area contributed by atoms with Crippen molar-refractivity contribution in [1.29, 1.82) is 0 Å². The number of piperidine rings is 1. The summed E-state index contributed by atoms with van der Waals surface area (Å²) >= 11 is 0. The van der Waals surface area contributed by atoms with Crippen molar-refractivity contribution in [3.63, 3.8) is 0 Å². The summed E-state index contributed by atoms with van der Waals surface area (Å²) in [6.07, 6.45) is 8.62. The van der Waals surface area contributed by atoms with Crippen molar-refractivity contribution in [3.8, 4) is 0 Å². The summed E-state index contributed by atoms with van der Waals surface area (Å²) in [5.41, 5.74) is 3.48. The minimum absolute atomic E-state index is 0.0989. The lowest BCUT2D eigenvalue weighted by Gasteiger charge is -2.35. The maximum atomic E-state index is 12.6. The SMILES string of the molecule is CN(C(=O)CCC(=O)c1ccc2c(c1)CCC2)C1CC2CCC(C1)N2. The Kier molecular flexibility index (Phi) is 4.63. The molecular weight excluding hydrogens is 312 g/mol. The number of nitrogens with zero attached hydrogens (tertiary/aromatic N) is 1. The Balaban J connectivity index is 1.31. The van der Waals surface area contributed by atoms with Crippen LogP contribution in [0.2, 0.25) is 0 Å². The molecule has 4 rings (SSSR count). The van der Waals surface area contributed by atoms with Gasteiger partial charge in [0.1, 0.15) is 0 Å². The molecular formula is C21H28N2O2. The monoisotopic (exact) mass is 340 g/mol. The summed E-state index contributed by atoms with van der Waals surface area (Å²) in [5.74, 6) is 0.211. The maximum Gasteiger partial charge on any atom is 0.223 e. The average molecular weight is 340 g/mol. The zero-order valence-corrected chi connectivity index (χ0v) is 15.1. The molecule has 25 heavy (non-hydrogen) atoms. The fourth-order valence-corrected chi connectivity index (χ4v) is 4.83. The average Bonchev–Trinajstić information content (AvgIpc) is 3.23. The number of amides is 1. The predicted octanol–water partition coefficient (Wildman–Crippen LogP) is 2.88. The first-order valence-electron chi connectivity index (χ1n) is 9.77. The molecule has 2 fully saturated rings. The molecule has 4 heteroatoms. The molecule has 1 aliphatic carbocycles. The van der Waals surface area contributed by atoms with Crippen molar-refractivity contribution in [2.45, 2.75) is 75.9 Å². The van der Waals surface area contributed by atoms with Gasteiger partial charge in [-0.05, 0) is 62.1 Å². The number of benzene rings is 1. The van der Waals surface area contributed by atoms with Gasteiger partial charge in [0.2, 0.25) is 5.91 Å². The number of carbonyl (C=O) groups excluding carboxylic acids is 2. The molecule has 2 atom stereocenters. The Morgan fingerprint density at radius 1 is 1.08 bits per heavy atom. The molecule has 1 amide bonds. The quantitative estimate of drug-likeness (QED) is 0.839. The lowest BCUT2D eigenvalue weighted by Crippen LogP contribution is -2.48. The number of ketones is 1. The molecule has 2 aliphatic heterocycles. The molecule has 3 aliphatic rings. The van der Waals surface area contributed by atoms with Crippen LogP contribution in [0.5, 0.6) is 0 Å². The molecule has 4 nitrogen and oxygen atoms in total. The first-order valence-corrected chi connectivity index (χ1v) is 9.77. The molecule has 0 spiro atoms. The Morgan fingerprint density at radius 2 is 1.80 bits per heavy atom. The number of nitrogens with one attached hydrogen (secondary N) is 1. The number of carbonyl (C=O) groups is 2. The predicted molar refractivity (Wildman–Crippen MR) is 97.8 cm³/mol. The third kappa shape index (κ3) is 3.50. The highest BCUT2D eigenvalue weighted by Crippen LogP contribution is 2.29. The number of hydrogen-bond donors (Lipinski definition) is 1. The zero-order valence-electron chi connectivity index (χ0n) is 15.1. The third-order valence-electron chi connectivity index (χ3n) is 6.38. The first-order chi connectivity index (χ1) is 12.1. The Morgan fingerprint density at radius 3 is 2.56 bits per heavy atom. The van der Waals surface area contributed by atoms with Crippen molar-refractivity contribution >= 4 is 11.7 Å². The lowest BCUT2D eigenvalue weighted by atomic mass is 9.97. The van der Waals surface area contributed by atoms with E-state index >= 15 is 0 Å². The van der Waals surface area contributed by atoms with Crippen LogP contribution >= 0.6 is 0 Å². The molecule has 2 bridgehead atoms. The van der Waals surface area contributed by atoms with Gasteiger partial charge >= 0.3 is 0 Å². The van der Waals surface area contributed by atoms with Crippen LogP contribution in [0.3, 0.4) is 0 Å². The standard InChI is InChI=1S/C21H28N2O2/c1-23(19-12-17-7-8-18(13-19)22-17)21(25)10-9-20(24)16-6-5-14-3-2-4-15(14)11-16/h5-6,11,17-19,22H,2-4,7-10,12-13H2,1H3. The van der Waals surface area contributed by atoms with Crippen molar-refractivity contribution in [3.05, 3.63) is 34.9 Å². The van der Waals surface area contributed by atoms with Gasteiger partial charge in [-0.2, -0.15) is 0 Å². The number of rotatable bonds is 5. The van der Waals surface area contributed by atoms with Crippen LogP contribution in [0.25, 0.3) is 0 Å². The van der Waals surface area contributed by atoms with E-state index in [0.717, 1.165) is 31.2 Å². The molecule has 2 heterocycles. The third-order valence-corrected chi connectivity index (χ3v) is 6.38. The summed E-state index contributed by atoms with van der Waals surface area (Å²) < 4.78 is 0. The van der Waals surface area contributed by atoms with Crippen LogP contribution in [-0.4, -0.2) is 41.8 Å². The van der Waals surface area contributed by atoms with Gasteiger partial charge in [-0.15, -0.1) is 0 Å². The Labute approximate surface area is 150 Å². The molecule has 1 N–H and O–H groups in total. The molecule has 134 valence electrons. The fourth-order valence-electron chi connectivity index (χ4n) is 4.83. The topological polar surface area (TPSA) is 49.4 Å². The van der Waals surface area contributed by atoms with E-state index in [-0.39, 0.29) is 11.7 Å². The van der Waals surface area contributed by atoms with E-state index in [9.17, 15) is 9.59 Å². The molecule has 0 radical (unpaired) electrons. The van der Waals surface area contributed by atoms with Crippen molar-refractivity contribution < 1.29 is 9.59 Å². The summed E-state index contributed by atoms with van der Waals surface area (Å²) in [6.45, 7) is 0. The van der Waals surface area contributed by atoms with Crippen LogP contribution in [0, 0.1) is 0 Å². The normalized spacial score (nSPS) is 27.2. The van der Waals surface area contributed by atoms with Gasteiger partial charge < -0.3 is 10.2 Å². The van der Waals surface area contributed by atoms with Crippen LogP contribution in [0.4, 0.5) is 0 Å². The Bertz CT molecular complexity index is 672. The van der Waals surface area contributed by atoms with E-state index in [1.54, 1.807) is 0 Å². The van der Waals surface area contributed by atoms with E-state index in [0.29, 0.717) is 31.0 Å². The highest BCUT2D eigenvalue weighted by Gasteiger charge is 2.36. The summed E-state index contributed by atoms with van der Waals surface area (Å²) in [6, 6.07) is 7.56. The second-order valence-corrected chi connectivity index (χ2v) is 8.03. The van der Waals surface area contributed by atoms with Crippen LogP contribution in [-0.2, 0) is 17.6 Å². The van der Waals surface area contributed by atoms with Crippen molar-refractivity contribution in [1.82, 2.24) is 10.2 Å². The maximum absolute atomic E-state index is 12.6. The zero-order chi connectivity index (χ0) is 17.4. The van der Waals surface area contributed by atoms with Gasteiger partial charge in [0.05, 0.1) is 0 Å². The number of fused-ring (bicyclic) bond motifs is 3.